The van der Waals surface area contributed by atoms with Gasteiger partial charge in [-0.15, -0.1) is 11.3 Å². The number of likely N-dealkylation sites (tertiary alicyclic amines) is 1. The van der Waals surface area contributed by atoms with Gasteiger partial charge in [-0.1, -0.05) is 0 Å². The minimum Gasteiger partial charge on any atom is -0.390 e. The summed E-state index contributed by atoms with van der Waals surface area (Å²) in [6.45, 7) is 5.04. The van der Waals surface area contributed by atoms with E-state index in [9.17, 15) is 9.90 Å². The molecule has 1 fully saturated rings. The van der Waals surface area contributed by atoms with Gasteiger partial charge in [-0.25, -0.2) is 0 Å². The summed E-state index contributed by atoms with van der Waals surface area (Å²) in [6, 6.07) is 1.94. The number of fused-ring (bicyclic) bond motifs is 1. The number of aromatic nitrogens is 2. The first-order valence-corrected chi connectivity index (χ1v) is 7.64. The van der Waals surface area contributed by atoms with Gasteiger partial charge in [0, 0.05) is 25.5 Å². The van der Waals surface area contributed by atoms with Crippen LogP contribution < -0.4 is 0 Å². The molecule has 1 N–H and O–H groups in total. The lowest BCUT2D eigenvalue weighted by Gasteiger charge is -2.35. The fourth-order valence-electron chi connectivity index (χ4n) is 2.66. The highest BCUT2D eigenvalue weighted by molar-refractivity contribution is 7.20. The summed E-state index contributed by atoms with van der Waals surface area (Å²) >= 11 is 1.49. The average Bonchev–Trinajstić information content (AvgIpc) is 2.92. The number of piperidine rings is 1. The molecule has 1 aliphatic rings. The number of nitrogens with zero attached hydrogens (tertiary/aromatic N) is 3. The number of carbonyl (C=O) groups excluding carboxylic acids is 1. The van der Waals surface area contributed by atoms with Crippen LogP contribution in [0.3, 0.4) is 0 Å². The molecule has 108 valence electrons. The third-order valence-electron chi connectivity index (χ3n) is 4.03. The number of aryl methyl sites for hydroxylation is 2. The predicted molar refractivity (Wildman–Crippen MR) is 79.1 cm³/mol. The minimum absolute atomic E-state index is 0.0705. The lowest BCUT2D eigenvalue weighted by atomic mass is 9.94. The first-order valence-electron chi connectivity index (χ1n) is 6.82. The van der Waals surface area contributed by atoms with Gasteiger partial charge in [0.2, 0.25) is 0 Å². The maximum atomic E-state index is 12.5. The summed E-state index contributed by atoms with van der Waals surface area (Å²) < 4.78 is 1.83. The predicted octanol–water partition coefficient (Wildman–Crippen LogP) is 1.93. The summed E-state index contributed by atoms with van der Waals surface area (Å²) in [4.78, 5) is 16.2. The van der Waals surface area contributed by atoms with Gasteiger partial charge in [0.25, 0.3) is 5.91 Å². The van der Waals surface area contributed by atoms with Crippen molar-refractivity contribution in [2.45, 2.75) is 32.3 Å². The molecule has 20 heavy (non-hydrogen) atoms. The van der Waals surface area contributed by atoms with Gasteiger partial charge in [0.1, 0.15) is 4.83 Å². The number of amides is 1. The van der Waals surface area contributed by atoms with Crippen LogP contribution in [0.2, 0.25) is 0 Å². The molecule has 2 aromatic rings. The molecule has 0 radical (unpaired) electrons. The Morgan fingerprint density at radius 3 is 2.70 bits per heavy atom. The van der Waals surface area contributed by atoms with E-state index in [1.165, 1.54) is 11.3 Å². The maximum Gasteiger partial charge on any atom is 0.264 e. The normalized spacial score (nSPS) is 18.7. The van der Waals surface area contributed by atoms with E-state index >= 15 is 0 Å². The Morgan fingerprint density at radius 1 is 1.45 bits per heavy atom. The number of hydrogen-bond donors (Lipinski definition) is 1. The molecule has 6 heteroatoms. The van der Waals surface area contributed by atoms with E-state index in [0.717, 1.165) is 20.8 Å². The lowest BCUT2D eigenvalue weighted by molar-refractivity contribution is -0.00187. The Labute approximate surface area is 121 Å². The molecule has 0 unspecified atom stereocenters. The molecule has 0 atom stereocenters. The van der Waals surface area contributed by atoms with Crippen LogP contribution in [0.4, 0.5) is 0 Å². The summed E-state index contributed by atoms with van der Waals surface area (Å²) in [5.74, 6) is 0.0705. The zero-order valence-corrected chi connectivity index (χ0v) is 12.8. The number of hydrogen-bond acceptors (Lipinski definition) is 4. The molecular weight excluding hydrogens is 274 g/mol. The number of rotatable bonds is 1. The summed E-state index contributed by atoms with van der Waals surface area (Å²) in [7, 11) is 1.90. The molecule has 0 aliphatic carbocycles. The van der Waals surface area contributed by atoms with Crippen LogP contribution >= 0.6 is 11.3 Å². The molecule has 0 aromatic carbocycles. The molecule has 1 amide bonds. The zero-order chi connectivity index (χ0) is 14.5. The molecule has 5 nitrogen and oxygen atoms in total. The lowest BCUT2D eigenvalue weighted by Crippen LogP contribution is -2.44. The highest BCUT2D eigenvalue weighted by atomic mass is 32.1. The SMILES string of the molecule is Cc1nn(C)c2sc(C(=O)N3CCC(C)(O)CC3)cc12. The van der Waals surface area contributed by atoms with Crippen LogP contribution in [-0.4, -0.2) is 44.4 Å². The van der Waals surface area contributed by atoms with Crippen LogP contribution in [0.1, 0.15) is 35.1 Å². The van der Waals surface area contributed by atoms with Crippen LogP contribution in [0, 0.1) is 6.92 Å². The fourth-order valence-corrected chi connectivity index (χ4v) is 3.75. The first kappa shape index (κ1) is 13.6. The molecule has 1 saturated heterocycles. The van der Waals surface area contributed by atoms with Crippen LogP contribution in [0.5, 0.6) is 0 Å². The molecule has 3 rings (SSSR count). The number of thiophene rings is 1. The van der Waals surface area contributed by atoms with Crippen molar-refractivity contribution in [2.75, 3.05) is 13.1 Å². The Balaban J connectivity index is 1.84. The zero-order valence-electron chi connectivity index (χ0n) is 12.0. The van der Waals surface area contributed by atoms with Gasteiger partial charge in [-0.05, 0) is 32.8 Å². The second kappa shape index (κ2) is 4.56. The molecule has 0 spiro atoms. The van der Waals surface area contributed by atoms with Crippen molar-refractivity contribution in [2.24, 2.45) is 7.05 Å². The van der Waals surface area contributed by atoms with E-state index in [1.807, 2.05) is 36.5 Å². The smallest absolute Gasteiger partial charge is 0.264 e. The van der Waals surface area contributed by atoms with Crippen molar-refractivity contribution < 1.29 is 9.90 Å². The summed E-state index contributed by atoms with van der Waals surface area (Å²) in [5, 5.41) is 15.4. The van der Waals surface area contributed by atoms with Crippen molar-refractivity contribution in [1.82, 2.24) is 14.7 Å². The third kappa shape index (κ3) is 2.23. The van der Waals surface area contributed by atoms with Crippen LogP contribution in [0.25, 0.3) is 10.2 Å². The molecule has 0 saturated carbocycles. The van der Waals surface area contributed by atoms with Crippen LogP contribution in [0.15, 0.2) is 6.07 Å². The van der Waals surface area contributed by atoms with Crippen molar-refractivity contribution in [1.29, 1.82) is 0 Å². The van der Waals surface area contributed by atoms with Gasteiger partial charge in [-0.3, -0.25) is 9.48 Å². The molecule has 3 heterocycles. The largest absolute Gasteiger partial charge is 0.390 e. The highest BCUT2D eigenvalue weighted by Crippen LogP contribution is 2.30. The Kier molecular flexibility index (Phi) is 3.10. The summed E-state index contributed by atoms with van der Waals surface area (Å²) in [5.41, 5.74) is 0.330. The first-order chi connectivity index (χ1) is 9.37. The number of aliphatic hydroxyl groups is 1. The molecule has 2 aromatic heterocycles. The third-order valence-corrected chi connectivity index (χ3v) is 5.22. The van der Waals surface area contributed by atoms with Crippen molar-refractivity contribution in [3.63, 3.8) is 0 Å². The van der Waals surface area contributed by atoms with E-state index < -0.39 is 5.60 Å². The van der Waals surface area contributed by atoms with Gasteiger partial charge in [0.15, 0.2) is 0 Å². The van der Waals surface area contributed by atoms with Gasteiger partial charge in [0.05, 0.1) is 16.2 Å². The van der Waals surface area contributed by atoms with E-state index in [2.05, 4.69) is 5.10 Å². The van der Waals surface area contributed by atoms with E-state index in [-0.39, 0.29) is 5.91 Å². The molecule has 1 aliphatic heterocycles. The van der Waals surface area contributed by atoms with E-state index in [0.29, 0.717) is 25.9 Å². The fraction of sp³-hybridized carbons (Fsp3) is 0.571. The standard InChI is InChI=1S/C14H19N3O2S/c1-9-10-8-11(20-13(10)16(3)15-9)12(18)17-6-4-14(2,19)5-7-17/h8,19H,4-7H2,1-3H3. The average molecular weight is 293 g/mol. The quantitative estimate of drug-likeness (QED) is 0.874. The second-order valence-electron chi connectivity index (χ2n) is 5.83. The monoisotopic (exact) mass is 293 g/mol. The summed E-state index contributed by atoms with van der Waals surface area (Å²) in [6.07, 6.45) is 1.29. The highest BCUT2D eigenvalue weighted by Gasteiger charge is 2.30. The maximum absolute atomic E-state index is 12.5. The van der Waals surface area contributed by atoms with Crippen LogP contribution in [-0.2, 0) is 7.05 Å². The van der Waals surface area contributed by atoms with Gasteiger partial charge in [-0.2, -0.15) is 5.10 Å². The topological polar surface area (TPSA) is 58.4 Å². The Bertz CT molecular complexity index is 627. The van der Waals surface area contributed by atoms with Gasteiger partial charge < -0.3 is 10.0 Å². The second-order valence-corrected chi connectivity index (χ2v) is 6.86. The number of carbonyl (C=O) groups is 1. The van der Waals surface area contributed by atoms with E-state index in [4.69, 9.17) is 0 Å². The van der Waals surface area contributed by atoms with Crippen molar-refractivity contribution in [3.8, 4) is 0 Å². The Morgan fingerprint density at radius 2 is 2.10 bits per heavy atom. The van der Waals surface area contributed by atoms with Gasteiger partial charge >= 0.3 is 0 Å². The minimum atomic E-state index is -0.628. The van der Waals surface area contributed by atoms with Crippen molar-refractivity contribution in [3.05, 3.63) is 16.6 Å². The molecular formula is C14H19N3O2S. The Hall–Kier alpha value is -1.40. The molecule has 0 bridgehead atoms. The van der Waals surface area contributed by atoms with E-state index in [1.54, 1.807) is 0 Å². The van der Waals surface area contributed by atoms with Crippen molar-refractivity contribution >= 4 is 27.5 Å².